The van der Waals surface area contributed by atoms with E-state index in [-0.39, 0.29) is 11.0 Å². The Morgan fingerprint density at radius 1 is 0.972 bits per heavy atom. The van der Waals surface area contributed by atoms with Gasteiger partial charge in [-0.1, -0.05) is 30.3 Å². The largest absolute Gasteiger partial charge is 0.497 e. The highest BCUT2D eigenvalue weighted by Gasteiger charge is 2.08. The molecule has 36 heavy (non-hydrogen) atoms. The first-order valence-corrected chi connectivity index (χ1v) is 11.4. The molecule has 0 saturated carbocycles. The number of aromatic nitrogens is 3. The predicted octanol–water partition coefficient (Wildman–Crippen LogP) is 5.22. The molecule has 1 amide bonds. The second-order valence-corrected chi connectivity index (χ2v) is 8.14. The Labute approximate surface area is 212 Å². The van der Waals surface area contributed by atoms with Crippen molar-refractivity contribution in [1.29, 1.82) is 0 Å². The average Bonchev–Trinajstić information content (AvgIpc) is 3.55. The van der Waals surface area contributed by atoms with E-state index in [0.29, 0.717) is 17.0 Å². The van der Waals surface area contributed by atoms with Crippen molar-refractivity contribution in [2.75, 3.05) is 12.4 Å². The summed E-state index contributed by atoms with van der Waals surface area (Å²) in [6, 6.07) is 26.3. The number of methoxy groups -OCH3 is 1. The number of carbonyl (C=O) groups is 1. The number of hydrogen-bond donors (Lipinski definition) is 2. The lowest BCUT2D eigenvalue weighted by Crippen LogP contribution is -2.32. The standard InChI is InChI=1S/C27H21N5O3S/c1-34-21-10-8-20(9-11-21)32-30-23-14-7-19(17-24(23)31-32)28-27(36)29-26(33)16-13-22-12-15-25(35-22)18-5-3-2-4-6-18/h2-17H,1H3,(H2,28,29,33,36)/b16-13+. The molecule has 0 atom stereocenters. The first kappa shape index (κ1) is 23.0. The average molecular weight is 496 g/mol. The Balaban J connectivity index is 1.20. The van der Waals surface area contributed by atoms with Crippen molar-refractivity contribution in [3.8, 4) is 22.8 Å². The molecule has 0 saturated heterocycles. The van der Waals surface area contributed by atoms with Crippen LogP contribution in [0.3, 0.4) is 0 Å². The van der Waals surface area contributed by atoms with Crippen LogP contribution in [0, 0.1) is 0 Å². The van der Waals surface area contributed by atoms with Gasteiger partial charge in [-0.3, -0.25) is 10.1 Å². The Morgan fingerprint density at radius 3 is 2.53 bits per heavy atom. The number of hydrogen-bond acceptors (Lipinski definition) is 6. The first-order chi connectivity index (χ1) is 17.6. The molecule has 0 radical (unpaired) electrons. The van der Waals surface area contributed by atoms with Gasteiger partial charge in [0.1, 0.15) is 28.3 Å². The maximum atomic E-state index is 12.3. The van der Waals surface area contributed by atoms with Gasteiger partial charge in [-0.2, -0.15) is 4.80 Å². The van der Waals surface area contributed by atoms with E-state index in [1.54, 1.807) is 24.0 Å². The van der Waals surface area contributed by atoms with Gasteiger partial charge >= 0.3 is 0 Å². The molecule has 0 fully saturated rings. The van der Waals surface area contributed by atoms with Crippen LogP contribution in [0.1, 0.15) is 5.76 Å². The van der Waals surface area contributed by atoms with Crippen LogP contribution in [0.2, 0.25) is 0 Å². The van der Waals surface area contributed by atoms with Gasteiger partial charge in [0.25, 0.3) is 0 Å². The summed E-state index contributed by atoms with van der Waals surface area (Å²) in [5.74, 6) is 1.67. The second-order valence-electron chi connectivity index (χ2n) is 7.74. The Bertz CT molecular complexity index is 1560. The minimum Gasteiger partial charge on any atom is -0.497 e. The number of benzene rings is 3. The van der Waals surface area contributed by atoms with E-state index in [1.807, 2.05) is 78.9 Å². The number of ether oxygens (including phenoxy) is 1. The molecule has 0 spiro atoms. The van der Waals surface area contributed by atoms with Crippen molar-refractivity contribution in [1.82, 2.24) is 20.3 Å². The smallest absolute Gasteiger partial charge is 0.250 e. The summed E-state index contributed by atoms with van der Waals surface area (Å²) in [6.45, 7) is 0. The number of nitrogens with one attached hydrogen (secondary N) is 2. The molecule has 2 aromatic heterocycles. The van der Waals surface area contributed by atoms with Crippen molar-refractivity contribution in [3.63, 3.8) is 0 Å². The van der Waals surface area contributed by atoms with E-state index < -0.39 is 0 Å². The molecule has 5 aromatic rings. The zero-order valence-corrected chi connectivity index (χ0v) is 20.0. The topological polar surface area (TPSA) is 94.2 Å². The SMILES string of the molecule is COc1ccc(-n2nc3ccc(NC(=S)NC(=O)/C=C/c4ccc(-c5ccccc5)o4)cc3n2)cc1. The van der Waals surface area contributed by atoms with Crippen molar-refractivity contribution in [2.24, 2.45) is 0 Å². The van der Waals surface area contributed by atoms with E-state index in [1.165, 1.54) is 6.08 Å². The third kappa shape index (κ3) is 5.31. The maximum Gasteiger partial charge on any atom is 0.250 e. The predicted molar refractivity (Wildman–Crippen MR) is 143 cm³/mol. The van der Waals surface area contributed by atoms with Gasteiger partial charge in [-0.15, -0.1) is 10.2 Å². The maximum absolute atomic E-state index is 12.3. The Morgan fingerprint density at radius 2 is 1.75 bits per heavy atom. The Hall–Kier alpha value is -4.76. The number of anilines is 1. The molecule has 0 bridgehead atoms. The molecule has 0 aliphatic heterocycles. The van der Waals surface area contributed by atoms with Crippen LogP contribution in [0.15, 0.2) is 95.4 Å². The highest BCUT2D eigenvalue weighted by Crippen LogP contribution is 2.22. The fraction of sp³-hybridized carbons (Fsp3) is 0.0370. The van der Waals surface area contributed by atoms with Gasteiger partial charge in [0.05, 0.1) is 12.8 Å². The van der Waals surface area contributed by atoms with Gasteiger partial charge < -0.3 is 14.5 Å². The molecule has 5 rings (SSSR count). The first-order valence-electron chi connectivity index (χ1n) is 11.0. The highest BCUT2D eigenvalue weighted by atomic mass is 32.1. The van der Waals surface area contributed by atoms with Crippen LogP contribution < -0.4 is 15.4 Å². The summed E-state index contributed by atoms with van der Waals surface area (Å²) in [6.07, 6.45) is 2.96. The number of thiocarbonyl (C=S) groups is 1. The lowest BCUT2D eigenvalue weighted by molar-refractivity contribution is -0.115. The fourth-order valence-corrected chi connectivity index (χ4v) is 3.72. The van der Waals surface area contributed by atoms with Crippen LogP contribution in [-0.2, 0) is 4.79 Å². The van der Waals surface area contributed by atoms with E-state index in [4.69, 9.17) is 21.4 Å². The second kappa shape index (κ2) is 10.2. The molecular formula is C27H21N5O3S. The summed E-state index contributed by atoms with van der Waals surface area (Å²) >= 11 is 5.29. The number of fused-ring (bicyclic) bond motifs is 1. The van der Waals surface area contributed by atoms with Crippen molar-refractivity contribution >= 4 is 46.0 Å². The number of rotatable bonds is 6. The lowest BCUT2D eigenvalue weighted by Gasteiger charge is -2.07. The van der Waals surface area contributed by atoms with Crippen molar-refractivity contribution in [2.45, 2.75) is 0 Å². The minimum absolute atomic E-state index is 0.163. The monoisotopic (exact) mass is 495 g/mol. The van der Waals surface area contributed by atoms with Crippen molar-refractivity contribution in [3.05, 3.63) is 96.8 Å². The van der Waals surface area contributed by atoms with E-state index >= 15 is 0 Å². The highest BCUT2D eigenvalue weighted by molar-refractivity contribution is 7.80. The summed E-state index contributed by atoms with van der Waals surface area (Å²) in [7, 11) is 1.62. The van der Waals surface area contributed by atoms with Crippen LogP contribution in [-0.4, -0.2) is 33.1 Å². The van der Waals surface area contributed by atoms with E-state index in [9.17, 15) is 4.79 Å². The molecule has 8 nitrogen and oxygen atoms in total. The van der Waals surface area contributed by atoms with Gasteiger partial charge in [0.2, 0.25) is 5.91 Å². The summed E-state index contributed by atoms with van der Waals surface area (Å²) < 4.78 is 11.0. The number of carbonyl (C=O) groups excluding carboxylic acids is 1. The van der Waals surface area contributed by atoms with Crippen LogP contribution in [0.5, 0.6) is 5.75 Å². The van der Waals surface area contributed by atoms with Gasteiger partial charge in [-0.25, -0.2) is 0 Å². The molecule has 0 unspecified atom stereocenters. The van der Waals surface area contributed by atoms with Crippen LogP contribution >= 0.6 is 12.2 Å². The molecular weight excluding hydrogens is 474 g/mol. The molecule has 2 heterocycles. The zero-order chi connectivity index (χ0) is 24.9. The number of amides is 1. The summed E-state index contributed by atoms with van der Waals surface area (Å²) in [4.78, 5) is 13.9. The van der Waals surface area contributed by atoms with Crippen LogP contribution in [0.25, 0.3) is 34.1 Å². The van der Waals surface area contributed by atoms with Crippen LogP contribution in [0.4, 0.5) is 5.69 Å². The molecule has 9 heteroatoms. The zero-order valence-electron chi connectivity index (χ0n) is 19.2. The molecule has 178 valence electrons. The summed E-state index contributed by atoms with van der Waals surface area (Å²) in [5, 5.41) is 14.8. The molecule has 3 aromatic carbocycles. The van der Waals surface area contributed by atoms with Gasteiger partial charge in [-0.05, 0) is 72.9 Å². The summed E-state index contributed by atoms with van der Waals surface area (Å²) in [5.41, 5.74) is 3.85. The minimum atomic E-state index is -0.378. The molecule has 2 N–H and O–H groups in total. The lowest BCUT2D eigenvalue weighted by atomic mass is 10.2. The fourth-order valence-electron chi connectivity index (χ4n) is 3.50. The normalized spacial score (nSPS) is 11.0. The molecule has 0 aliphatic carbocycles. The van der Waals surface area contributed by atoms with E-state index in [2.05, 4.69) is 20.8 Å². The van der Waals surface area contributed by atoms with E-state index in [0.717, 1.165) is 28.3 Å². The third-order valence-corrected chi connectivity index (χ3v) is 5.47. The third-order valence-electron chi connectivity index (χ3n) is 5.26. The number of furan rings is 1. The van der Waals surface area contributed by atoms with Gasteiger partial charge in [0, 0.05) is 17.3 Å². The molecule has 0 aliphatic rings. The number of nitrogens with zero attached hydrogens (tertiary/aromatic N) is 3. The Kier molecular flexibility index (Phi) is 6.55. The van der Waals surface area contributed by atoms with Crippen molar-refractivity contribution < 1.29 is 13.9 Å². The quantitative estimate of drug-likeness (QED) is 0.247. The van der Waals surface area contributed by atoms with Gasteiger partial charge in [0.15, 0.2) is 5.11 Å².